The Hall–Kier alpha value is -1.24. The second kappa shape index (κ2) is 5.81. The molecule has 1 saturated heterocycles. The monoisotopic (exact) mass is 292 g/mol. The fourth-order valence-electron chi connectivity index (χ4n) is 2.30. The smallest absolute Gasteiger partial charge is 0.180 e. The molecule has 0 amide bonds. The summed E-state index contributed by atoms with van der Waals surface area (Å²) in [4.78, 5) is 4.83. The highest BCUT2D eigenvalue weighted by atomic mass is 32.1. The molecule has 0 unspecified atom stereocenters. The number of rotatable bonds is 3. The van der Waals surface area contributed by atoms with Crippen molar-refractivity contribution in [2.24, 2.45) is 0 Å². The molecule has 19 heavy (non-hydrogen) atoms. The summed E-state index contributed by atoms with van der Waals surface area (Å²) in [5.41, 5.74) is 3.12. The van der Waals surface area contributed by atoms with Gasteiger partial charge in [0, 0.05) is 31.9 Å². The highest BCUT2D eigenvalue weighted by Gasteiger charge is 2.17. The maximum Gasteiger partial charge on any atom is 0.180 e. The lowest BCUT2D eigenvalue weighted by molar-refractivity contribution is 0.195. The molecule has 2 aromatic rings. The van der Waals surface area contributed by atoms with Crippen molar-refractivity contribution in [2.45, 2.75) is 6.67 Å². The molecule has 0 saturated carbocycles. The molecule has 0 aliphatic carbocycles. The Bertz CT molecular complexity index is 570. The summed E-state index contributed by atoms with van der Waals surface area (Å²) in [6.07, 6.45) is 0. The number of anilines is 1. The quantitative estimate of drug-likeness (QED) is 0.811. The average Bonchev–Trinajstić information content (AvgIpc) is 2.86. The number of aromatic nitrogens is 2. The molecule has 100 valence electrons. The second-order valence-electron chi connectivity index (χ2n) is 4.59. The van der Waals surface area contributed by atoms with Crippen molar-refractivity contribution >= 4 is 29.2 Å². The summed E-state index contributed by atoms with van der Waals surface area (Å²) in [5, 5.41) is 4.26. The Kier molecular flexibility index (Phi) is 3.91. The number of benzene rings is 1. The standard InChI is InChI=1S/C13H16N4S2/c18-13-17(14-10-19-13)11-15-6-8-16(9-7-15)12-4-2-1-3-5-12/h1-5,10H,6-9,11H2. The summed E-state index contributed by atoms with van der Waals surface area (Å²) < 4.78 is 2.75. The SMILES string of the molecule is S=c1scnn1CN1CCN(c2ccccc2)CC1. The van der Waals surface area contributed by atoms with E-state index in [0.717, 1.165) is 36.8 Å². The topological polar surface area (TPSA) is 24.3 Å². The number of nitrogens with zero attached hydrogens (tertiary/aromatic N) is 4. The van der Waals surface area contributed by atoms with Crippen LogP contribution in [0.15, 0.2) is 35.8 Å². The third-order valence-corrected chi connectivity index (χ3v) is 4.49. The first kappa shape index (κ1) is 12.8. The summed E-state index contributed by atoms with van der Waals surface area (Å²) in [6.45, 7) is 5.02. The van der Waals surface area contributed by atoms with Gasteiger partial charge in [-0.2, -0.15) is 5.10 Å². The van der Waals surface area contributed by atoms with Gasteiger partial charge in [0.2, 0.25) is 0 Å². The Morgan fingerprint density at radius 3 is 2.47 bits per heavy atom. The van der Waals surface area contributed by atoms with Crippen molar-refractivity contribution < 1.29 is 0 Å². The molecule has 0 atom stereocenters. The summed E-state index contributed by atoms with van der Waals surface area (Å²) in [6, 6.07) is 10.6. The van der Waals surface area contributed by atoms with E-state index < -0.39 is 0 Å². The highest BCUT2D eigenvalue weighted by Crippen LogP contribution is 2.15. The molecule has 1 aromatic carbocycles. The van der Waals surface area contributed by atoms with E-state index in [9.17, 15) is 0 Å². The fraction of sp³-hybridized carbons (Fsp3) is 0.385. The summed E-state index contributed by atoms with van der Waals surface area (Å²) in [7, 11) is 0. The van der Waals surface area contributed by atoms with Crippen LogP contribution in [0, 0.1) is 3.95 Å². The van der Waals surface area contributed by atoms with Crippen LogP contribution in [0.4, 0.5) is 5.69 Å². The second-order valence-corrected chi connectivity index (χ2v) is 6.06. The van der Waals surface area contributed by atoms with Crippen molar-refractivity contribution in [3.63, 3.8) is 0 Å². The van der Waals surface area contributed by atoms with Gasteiger partial charge >= 0.3 is 0 Å². The molecule has 4 nitrogen and oxygen atoms in total. The first-order valence-electron chi connectivity index (χ1n) is 6.36. The van der Waals surface area contributed by atoms with Crippen molar-refractivity contribution in [2.75, 3.05) is 31.1 Å². The molecule has 0 radical (unpaired) electrons. The van der Waals surface area contributed by atoms with Crippen LogP contribution < -0.4 is 4.90 Å². The molecular weight excluding hydrogens is 276 g/mol. The Labute approximate surface area is 121 Å². The number of para-hydroxylation sites is 1. The maximum atomic E-state index is 5.24. The van der Waals surface area contributed by atoms with Gasteiger partial charge in [-0.3, -0.25) is 4.90 Å². The van der Waals surface area contributed by atoms with E-state index in [-0.39, 0.29) is 0 Å². The van der Waals surface area contributed by atoms with Gasteiger partial charge < -0.3 is 4.90 Å². The molecule has 1 aliphatic rings. The van der Waals surface area contributed by atoms with Crippen LogP contribution in [-0.2, 0) is 6.67 Å². The van der Waals surface area contributed by atoms with Crippen LogP contribution in [0.1, 0.15) is 0 Å². The van der Waals surface area contributed by atoms with Crippen molar-refractivity contribution in [1.29, 1.82) is 0 Å². The Morgan fingerprint density at radius 2 is 1.84 bits per heavy atom. The van der Waals surface area contributed by atoms with E-state index in [4.69, 9.17) is 12.2 Å². The van der Waals surface area contributed by atoms with Crippen LogP contribution in [0.5, 0.6) is 0 Å². The molecule has 0 N–H and O–H groups in total. The molecule has 1 fully saturated rings. The normalized spacial score (nSPS) is 16.7. The predicted molar refractivity (Wildman–Crippen MR) is 81.2 cm³/mol. The van der Waals surface area contributed by atoms with Crippen LogP contribution in [-0.4, -0.2) is 40.9 Å². The van der Waals surface area contributed by atoms with E-state index >= 15 is 0 Å². The lowest BCUT2D eigenvalue weighted by Crippen LogP contribution is -2.46. The molecule has 1 aliphatic heterocycles. The van der Waals surface area contributed by atoms with Crippen molar-refractivity contribution in [3.05, 3.63) is 39.8 Å². The van der Waals surface area contributed by atoms with Gasteiger partial charge in [-0.25, -0.2) is 4.68 Å². The van der Waals surface area contributed by atoms with Crippen molar-refractivity contribution in [1.82, 2.24) is 14.7 Å². The Morgan fingerprint density at radius 1 is 1.11 bits per heavy atom. The number of hydrogen-bond donors (Lipinski definition) is 0. The molecular formula is C13H16N4S2. The third-order valence-electron chi connectivity index (χ3n) is 3.38. The van der Waals surface area contributed by atoms with Crippen molar-refractivity contribution in [3.8, 4) is 0 Å². The number of hydrogen-bond acceptors (Lipinski definition) is 5. The van der Waals surface area contributed by atoms with Gasteiger partial charge in [0.05, 0.1) is 6.67 Å². The van der Waals surface area contributed by atoms with E-state index in [2.05, 4.69) is 45.2 Å². The molecule has 1 aromatic heterocycles. The fourth-order valence-corrected chi connectivity index (χ4v) is 3.02. The zero-order valence-corrected chi connectivity index (χ0v) is 12.2. The third kappa shape index (κ3) is 3.02. The first-order valence-corrected chi connectivity index (χ1v) is 7.65. The zero-order chi connectivity index (χ0) is 13.1. The largest absolute Gasteiger partial charge is 0.369 e. The summed E-state index contributed by atoms with van der Waals surface area (Å²) in [5.74, 6) is 0. The first-order chi connectivity index (χ1) is 9.33. The van der Waals surface area contributed by atoms with Crippen LogP contribution in [0.25, 0.3) is 0 Å². The van der Waals surface area contributed by atoms with Crippen LogP contribution in [0.2, 0.25) is 0 Å². The van der Waals surface area contributed by atoms with E-state index in [1.165, 1.54) is 17.0 Å². The maximum absolute atomic E-state index is 5.24. The van der Waals surface area contributed by atoms with Gasteiger partial charge in [0.1, 0.15) is 5.51 Å². The van der Waals surface area contributed by atoms with Crippen LogP contribution in [0.3, 0.4) is 0 Å². The molecule has 0 bridgehead atoms. The minimum absolute atomic E-state index is 0.810. The lowest BCUT2D eigenvalue weighted by atomic mass is 10.2. The molecule has 6 heteroatoms. The van der Waals surface area contributed by atoms with Crippen LogP contribution >= 0.6 is 23.6 Å². The molecule has 0 spiro atoms. The molecule has 2 heterocycles. The van der Waals surface area contributed by atoms with Gasteiger partial charge in [-0.05, 0) is 24.4 Å². The molecule has 3 rings (SSSR count). The van der Waals surface area contributed by atoms with E-state index in [0.29, 0.717) is 0 Å². The lowest BCUT2D eigenvalue weighted by Gasteiger charge is -2.35. The predicted octanol–water partition coefficient (Wildman–Crippen LogP) is 2.45. The number of piperazine rings is 1. The minimum atomic E-state index is 0.810. The Balaban J connectivity index is 1.58. The van der Waals surface area contributed by atoms with E-state index in [1.54, 1.807) is 0 Å². The van der Waals surface area contributed by atoms with E-state index in [1.807, 2.05) is 10.2 Å². The average molecular weight is 292 g/mol. The zero-order valence-electron chi connectivity index (χ0n) is 10.6. The van der Waals surface area contributed by atoms with Gasteiger partial charge in [0.25, 0.3) is 0 Å². The van der Waals surface area contributed by atoms with Gasteiger partial charge in [0.15, 0.2) is 3.95 Å². The minimum Gasteiger partial charge on any atom is -0.369 e. The van der Waals surface area contributed by atoms with Gasteiger partial charge in [-0.15, -0.1) is 0 Å². The highest BCUT2D eigenvalue weighted by molar-refractivity contribution is 7.73. The van der Waals surface area contributed by atoms with Gasteiger partial charge in [-0.1, -0.05) is 29.5 Å². The summed E-state index contributed by atoms with van der Waals surface area (Å²) >= 11 is 6.76.